The fraction of sp³-hybridized carbons (Fsp3) is 0.333. The van der Waals surface area contributed by atoms with Crippen LogP contribution in [0.4, 0.5) is 5.69 Å². The molecule has 1 aliphatic heterocycles. The maximum absolute atomic E-state index is 4.49. The van der Waals surface area contributed by atoms with Gasteiger partial charge in [0.15, 0.2) is 5.82 Å². The van der Waals surface area contributed by atoms with Crippen molar-refractivity contribution in [3.05, 3.63) is 42.2 Å². The van der Waals surface area contributed by atoms with Gasteiger partial charge in [0.05, 0.1) is 18.1 Å². The minimum absolute atomic E-state index is 0.794. The maximum atomic E-state index is 4.49. The lowest BCUT2D eigenvalue weighted by Crippen LogP contribution is -2.43. The minimum Gasteiger partial charge on any atom is -0.366 e. The number of anilines is 1. The van der Waals surface area contributed by atoms with Crippen molar-refractivity contribution < 1.29 is 0 Å². The van der Waals surface area contributed by atoms with Crippen LogP contribution in [0, 0.1) is 6.92 Å². The molecule has 98 valence electrons. The summed E-state index contributed by atoms with van der Waals surface area (Å²) in [4.78, 5) is 11.3. The zero-order chi connectivity index (χ0) is 13.1. The zero-order valence-electron chi connectivity index (χ0n) is 11.1. The first kappa shape index (κ1) is 12.1. The van der Waals surface area contributed by atoms with E-state index < -0.39 is 0 Å². The Kier molecular flexibility index (Phi) is 3.42. The summed E-state index contributed by atoms with van der Waals surface area (Å²) in [5.74, 6) is 0.794. The molecule has 1 aliphatic rings. The van der Waals surface area contributed by atoms with Crippen LogP contribution in [0.25, 0.3) is 11.4 Å². The average Bonchev–Trinajstić information content (AvgIpc) is 2.48. The molecule has 1 saturated heterocycles. The van der Waals surface area contributed by atoms with Gasteiger partial charge in [0.2, 0.25) is 0 Å². The third-order valence-corrected chi connectivity index (χ3v) is 3.40. The molecular weight excluding hydrogens is 236 g/mol. The topological polar surface area (TPSA) is 41.1 Å². The van der Waals surface area contributed by atoms with Crippen molar-refractivity contribution in [2.75, 3.05) is 31.1 Å². The molecule has 2 aromatic rings. The number of rotatable bonds is 2. The zero-order valence-corrected chi connectivity index (χ0v) is 11.1. The maximum Gasteiger partial charge on any atom is 0.159 e. The van der Waals surface area contributed by atoms with Gasteiger partial charge in [0.25, 0.3) is 0 Å². The number of hydrogen-bond acceptors (Lipinski definition) is 4. The summed E-state index contributed by atoms with van der Waals surface area (Å²) in [5, 5.41) is 3.35. The van der Waals surface area contributed by atoms with Crippen molar-refractivity contribution in [2.45, 2.75) is 6.92 Å². The summed E-state index contributed by atoms with van der Waals surface area (Å²) in [5.41, 5.74) is 3.41. The third kappa shape index (κ3) is 2.74. The van der Waals surface area contributed by atoms with Crippen LogP contribution < -0.4 is 10.2 Å². The molecule has 0 saturated carbocycles. The highest BCUT2D eigenvalue weighted by molar-refractivity contribution is 5.57. The summed E-state index contributed by atoms with van der Waals surface area (Å²) < 4.78 is 0. The van der Waals surface area contributed by atoms with Gasteiger partial charge in [0, 0.05) is 31.7 Å². The van der Waals surface area contributed by atoms with Gasteiger partial charge in [-0.15, -0.1) is 0 Å². The smallest absolute Gasteiger partial charge is 0.159 e. The van der Waals surface area contributed by atoms with E-state index >= 15 is 0 Å². The van der Waals surface area contributed by atoms with Crippen molar-refractivity contribution in [1.29, 1.82) is 0 Å². The molecule has 1 N–H and O–H groups in total. The Bertz CT molecular complexity index is 544. The Morgan fingerprint density at radius 3 is 2.53 bits per heavy atom. The van der Waals surface area contributed by atoms with E-state index in [4.69, 9.17) is 0 Å². The van der Waals surface area contributed by atoms with E-state index in [1.165, 1.54) is 5.56 Å². The molecule has 0 amide bonds. The van der Waals surface area contributed by atoms with E-state index in [0.29, 0.717) is 0 Å². The van der Waals surface area contributed by atoms with E-state index in [1.54, 1.807) is 0 Å². The largest absolute Gasteiger partial charge is 0.366 e. The van der Waals surface area contributed by atoms with Gasteiger partial charge >= 0.3 is 0 Å². The lowest BCUT2D eigenvalue weighted by atomic mass is 10.1. The molecule has 0 atom stereocenters. The molecule has 0 bridgehead atoms. The number of hydrogen-bond donors (Lipinski definition) is 1. The molecular formula is C15H18N4. The Labute approximate surface area is 113 Å². The first-order valence-electron chi connectivity index (χ1n) is 6.68. The van der Waals surface area contributed by atoms with Crippen LogP contribution in [0.3, 0.4) is 0 Å². The van der Waals surface area contributed by atoms with Crippen molar-refractivity contribution >= 4 is 5.69 Å². The molecule has 2 heterocycles. The Balaban J connectivity index is 1.82. The number of piperazine rings is 1. The van der Waals surface area contributed by atoms with Gasteiger partial charge in [-0.05, 0) is 13.0 Å². The summed E-state index contributed by atoms with van der Waals surface area (Å²) in [6, 6.07) is 8.28. The van der Waals surface area contributed by atoms with Gasteiger partial charge in [-0.1, -0.05) is 23.8 Å². The van der Waals surface area contributed by atoms with Crippen molar-refractivity contribution in [3.8, 4) is 11.4 Å². The second kappa shape index (κ2) is 5.36. The molecule has 1 fully saturated rings. The molecule has 0 unspecified atom stereocenters. The highest BCUT2D eigenvalue weighted by Crippen LogP contribution is 2.18. The van der Waals surface area contributed by atoms with Crippen LogP contribution in [0.1, 0.15) is 5.56 Å². The standard InChI is InChI=1S/C15H18N4/c1-12-3-2-4-13(9-12)15-17-10-14(11-18-15)19-7-5-16-6-8-19/h2-4,9-11,16H,5-8H2,1H3. The predicted octanol–water partition coefficient (Wildman–Crippen LogP) is 1.86. The molecule has 0 radical (unpaired) electrons. The molecule has 0 aliphatic carbocycles. The number of benzene rings is 1. The van der Waals surface area contributed by atoms with Crippen LogP contribution in [-0.2, 0) is 0 Å². The second-order valence-corrected chi connectivity index (χ2v) is 4.87. The Hall–Kier alpha value is -1.94. The summed E-state index contributed by atoms with van der Waals surface area (Å²) >= 11 is 0. The van der Waals surface area contributed by atoms with Gasteiger partial charge < -0.3 is 10.2 Å². The van der Waals surface area contributed by atoms with Gasteiger partial charge in [-0.3, -0.25) is 0 Å². The van der Waals surface area contributed by atoms with Crippen molar-refractivity contribution in [3.63, 3.8) is 0 Å². The first-order chi connectivity index (χ1) is 9.33. The van der Waals surface area contributed by atoms with E-state index in [-0.39, 0.29) is 0 Å². The number of nitrogens with one attached hydrogen (secondary N) is 1. The Morgan fingerprint density at radius 2 is 1.84 bits per heavy atom. The summed E-state index contributed by atoms with van der Waals surface area (Å²) in [7, 11) is 0. The normalized spacial score (nSPS) is 15.5. The van der Waals surface area contributed by atoms with Crippen molar-refractivity contribution in [2.24, 2.45) is 0 Å². The molecule has 4 nitrogen and oxygen atoms in total. The monoisotopic (exact) mass is 254 g/mol. The number of aromatic nitrogens is 2. The summed E-state index contributed by atoms with van der Waals surface area (Å²) in [6.45, 7) is 6.18. The van der Waals surface area contributed by atoms with Crippen LogP contribution in [0.15, 0.2) is 36.7 Å². The van der Waals surface area contributed by atoms with E-state index in [1.807, 2.05) is 24.5 Å². The average molecular weight is 254 g/mol. The van der Waals surface area contributed by atoms with Gasteiger partial charge in [0.1, 0.15) is 0 Å². The predicted molar refractivity (Wildman–Crippen MR) is 77.3 cm³/mol. The van der Waals surface area contributed by atoms with Crippen LogP contribution in [-0.4, -0.2) is 36.1 Å². The first-order valence-corrected chi connectivity index (χ1v) is 6.68. The van der Waals surface area contributed by atoms with Crippen LogP contribution in [0.2, 0.25) is 0 Å². The SMILES string of the molecule is Cc1cccc(-c2ncc(N3CCNCC3)cn2)c1. The third-order valence-electron chi connectivity index (χ3n) is 3.40. The fourth-order valence-electron chi connectivity index (χ4n) is 2.34. The highest BCUT2D eigenvalue weighted by Gasteiger charge is 2.11. The molecule has 0 spiro atoms. The number of nitrogens with zero attached hydrogens (tertiary/aromatic N) is 3. The van der Waals surface area contributed by atoms with Gasteiger partial charge in [-0.2, -0.15) is 0 Å². The van der Waals surface area contributed by atoms with Crippen LogP contribution in [0.5, 0.6) is 0 Å². The minimum atomic E-state index is 0.794. The molecule has 1 aromatic heterocycles. The second-order valence-electron chi connectivity index (χ2n) is 4.87. The molecule has 1 aromatic carbocycles. The van der Waals surface area contributed by atoms with Gasteiger partial charge in [-0.25, -0.2) is 9.97 Å². The lowest BCUT2D eigenvalue weighted by Gasteiger charge is -2.28. The Morgan fingerprint density at radius 1 is 1.11 bits per heavy atom. The molecule has 19 heavy (non-hydrogen) atoms. The number of aryl methyl sites for hydroxylation is 1. The van der Waals surface area contributed by atoms with E-state index in [2.05, 4.69) is 39.2 Å². The highest BCUT2D eigenvalue weighted by atomic mass is 15.2. The van der Waals surface area contributed by atoms with E-state index in [9.17, 15) is 0 Å². The molecule has 3 rings (SSSR count). The molecule has 4 heteroatoms. The quantitative estimate of drug-likeness (QED) is 0.888. The summed E-state index contributed by atoms with van der Waals surface area (Å²) in [6.07, 6.45) is 3.85. The van der Waals surface area contributed by atoms with Crippen molar-refractivity contribution in [1.82, 2.24) is 15.3 Å². The van der Waals surface area contributed by atoms with E-state index in [0.717, 1.165) is 43.3 Å². The fourth-order valence-corrected chi connectivity index (χ4v) is 2.34. The van der Waals surface area contributed by atoms with Crippen LogP contribution >= 0.6 is 0 Å². The lowest BCUT2D eigenvalue weighted by molar-refractivity contribution is 0.588.